The molecule has 0 aromatic heterocycles. The first-order chi connectivity index (χ1) is 13.2. The molecule has 0 aliphatic carbocycles. The fraction of sp³-hybridized carbons (Fsp3) is 0.167. The van der Waals surface area contributed by atoms with Gasteiger partial charge in [-0.05, 0) is 48.5 Å². The van der Waals surface area contributed by atoms with Gasteiger partial charge in [0, 0.05) is 5.97 Å². The largest absolute Gasteiger partial charge is 1.00 e. The molecule has 3 aromatic rings. The van der Waals surface area contributed by atoms with Gasteiger partial charge in [-0.15, -0.1) is 0 Å². The summed E-state index contributed by atoms with van der Waals surface area (Å²) in [4.78, 5) is 10.7. The van der Waals surface area contributed by atoms with Crippen molar-refractivity contribution < 1.29 is 61.3 Å². The van der Waals surface area contributed by atoms with Crippen molar-refractivity contribution in [2.75, 3.05) is 0 Å². The molecule has 4 heteroatoms. The molecule has 0 saturated carbocycles. The summed E-state index contributed by atoms with van der Waals surface area (Å²) < 4.78 is 0. The van der Waals surface area contributed by atoms with E-state index in [1.165, 1.54) is 15.9 Å². The average molecular weight is 415 g/mol. The number of aliphatic carboxylic acids is 1. The Morgan fingerprint density at radius 2 is 1.11 bits per heavy atom. The molecule has 138 valence electrons. The van der Waals surface area contributed by atoms with Gasteiger partial charge in [0.15, 0.2) is 0 Å². The van der Waals surface area contributed by atoms with Crippen molar-refractivity contribution in [3.8, 4) is 0 Å². The first-order valence-corrected chi connectivity index (χ1v) is 11.2. The molecule has 28 heavy (non-hydrogen) atoms. The topological polar surface area (TPSA) is 40.1 Å². The number of carbonyl (C=O) groups excluding carboxylic acids is 1. The van der Waals surface area contributed by atoms with Crippen LogP contribution < -0.4 is 72.4 Å². The summed E-state index contributed by atoms with van der Waals surface area (Å²) in [5.41, 5.74) is 0. The van der Waals surface area contributed by atoms with Crippen LogP contribution in [0.3, 0.4) is 0 Å². The Kier molecular flexibility index (Phi) is 9.94. The molecule has 3 rings (SSSR count). The summed E-state index contributed by atoms with van der Waals surface area (Å²) in [6.07, 6.45) is 2.50. The van der Waals surface area contributed by atoms with E-state index in [0.717, 1.165) is 12.8 Å². The minimum atomic E-state index is -1.91. The van der Waals surface area contributed by atoms with Gasteiger partial charge in [0.1, 0.15) is 0 Å². The molecule has 0 radical (unpaired) electrons. The second-order valence-corrected chi connectivity index (χ2v) is 9.89. The Labute approximate surface area is 210 Å². The first-order valence-electron chi connectivity index (χ1n) is 9.33. The number of carboxylic acid groups (broad SMARTS) is 1. The first kappa shape index (κ1) is 23.3. The van der Waals surface area contributed by atoms with Crippen LogP contribution in [0.2, 0.25) is 0 Å². The van der Waals surface area contributed by atoms with Crippen molar-refractivity contribution >= 4 is 34.6 Å². The Morgan fingerprint density at radius 3 is 1.46 bits per heavy atom. The van der Waals surface area contributed by atoms with E-state index in [4.69, 9.17) is 0 Å². The van der Waals surface area contributed by atoms with Gasteiger partial charge in [-0.2, -0.15) is 0 Å². The minimum Gasteiger partial charge on any atom is -0.550 e. The smallest absolute Gasteiger partial charge is 0.550 e. The predicted octanol–water partition coefficient (Wildman–Crippen LogP) is 0.0970. The zero-order valence-electron chi connectivity index (χ0n) is 16.3. The predicted molar refractivity (Wildman–Crippen MR) is 115 cm³/mol. The monoisotopic (exact) mass is 414 g/mol. The Balaban J connectivity index is 0.00000280. The van der Waals surface area contributed by atoms with Crippen LogP contribution in [0.4, 0.5) is 0 Å². The molecule has 0 fully saturated rings. The Hall–Kier alpha value is -0.934. The van der Waals surface area contributed by atoms with Gasteiger partial charge >= 0.3 is 51.4 Å². The van der Waals surface area contributed by atoms with E-state index < -0.39 is 12.9 Å². The summed E-state index contributed by atoms with van der Waals surface area (Å²) in [5.74, 6) is 1.48. The molecule has 0 amide bonds. The van der Waals surface area contributed by atoms with E-state index in [1.54, 1.807) is 0 Å². The van der Waals surface area contributed by atoms with Crippen molar-refractivity contribution in [3.05, 3.63) is 91.0 Å². The van der Waals surface area contributed by atoms with E-state index in [9.17, 15) is 9.90 Å². The summed E-state index contributed by atoms with van der Waals surface area (Å²) in [7, 11) is 0. The maximum atomic E-state index is 10.7. The third kappa shape index (κ3) is 5.79. The minimum absolute atomic E-state index is 0. The molecule has 0 unspecified atom stereocenters. The van der Waals surface area contributed by atoms with Crippen molar-refractivity contribution in [2.24, 2.45) is 0 Å². The summed E-state index contributed by atoms with van der Waals surface area (Å²) in [6.45, 7) is -1.91. The molecule has 0 saturated heterocycles. The van der Waals surface area contributed by atoms with E-state index >= 15 is 0 Å². The van der Waals surface area contributed by atoms with Gasteiger partial charge in [0.05, 0.1) is 0 Å². The number of hydrogen-bond acceptors (Lipinski definition) is 2. The van der Waals surface area contributed by atoms with Gasteiger partial charge in [-0.1, -0.05) is 96.8 Å². The molecule has 0 heterocycles. The molecule has 0 N–H and O–H groups in total. The number of carbonyl (C=O) groups is 1. The molecule has 0 atom stereocenters. The van der Waals surface area contributed by atoms with Crippen molar-refractivity contribution in [3.63, 3.8) is 0 Å². The van der Waals surface area contributed by atoms with E-state index in [-0.39, 0.29) is 57.8 Å². The normalized spacial score (nSPS) is 10.7. The number of unbranched alkanes of at least 4 members (excludes halogenated alkanes) is 2. The fourth-order valence-corrected chi connectivity index (χ4v) is 7.48. The van der Waals surface area contributed by atoms with Crippen molar-refractivity contribution in [1.82, 2.24) is 0 Å². The third-order valence-electron chi connectivity index (χ3n) is 4.73. The second kappa shape index (κ2) is 11.9. The maximum absolute atomic E-state index is 10.7. The van der Waals surface area contributed by atoms with Crippen LogP contribution >= 0.6 is 6.89 Å². The van der Waals surface area contributed by atoms with E-state index in [1.807, 2.05) is 18.2 Å². The molecule has 0 aliphatic heterocycles. The molecular formula is C24H24KO2P. The van der Waals surface area contributed by atoms with Crippen LogP contribution in [0.15, 0.2) is 91.0 Å². The van der Waals surface area contributed by atoms with Crippen molar-refractivity contribution in [1.29, 1.82) is 0 Å². The van der Waals surface area contributed by atoms with Crippen LogP contribution in [0.1, 0.15) is 25.7 Å². The van der Waals surface area contributed by atoms with Crippen LogP contribution in [0.25, 0.3) is 0 Å². The van der Waals surface area contributed by atoms with E-state index in [2.05, 4.69) is 78.6 Å². The van der Waals surface area contributed by atoms with Crippen LogP contribution in [-0.4, -0.2) is 11.8 Å². The van der Waals surface area contributed by atoms with Gasteiger partial charge in [-0.3, -0.25) is 0 Å². The summed E-state index contributed by atoms with van der Waals surface area (Å²) >= 11 is 0. The number of rotatable bonds is 8. The number of hydrogen-bond donors (Lipinski definition) is 0. The summed E-state index contributed by atoms with van der Waals surface area (Å²) in [6, 6.07) is 32.0. The quantitative estimate of drug-likeness (QED) is 0.298. The molecular weight excluding hydrogens is 390 g/mol. The van der Waals surface area contributed by atoms with Crippen molar-refractivity contribution in [2.45, 2.75) is 25.7 Å². The average Bonchev–Trinajstić information content (AvgIpc) is 2.73. The number of carboxylic acids is 1. The van der Waals surface area contributed by atoms with Gasteiger partial charge in [0.25, 0.3) is 0 Å². The molecule has 0 aliphatic rings. The Bertz CT molecular complexity index is 806. The molecule has 0 bridgehead atoms. The van der Waals surface area contributed by atoms with Gasteiger partial charge in [0.2, 0.25) is 0 Å². The standard InChI is InChI=1S/C24H25O2P.K/c25-24(26)19-11-4-12-20-27(21-13-5-1-6-14-21,22-15-7-2-8-16-22)23-17-9-3-10-18-23;/h1-3,5-10,13-18,20H,4,11-12,19H2,(H,25,26);/q;+1/p-1. The summed E-state index contributed by atoms with van der Waals surface area (Å²) in [5, 5.41) is 14.7. The van der Waals surface area contributed by atoms with Crippen LogP contribution in [0.5, 0.6) is 0 Å². The number of benzene rings is 3. The second-order valence-electron chi connectivity index (χ2n) is 6.53. The molecule has 3 aromatic carbocycles. The zero-order valence-corrected chi connectivity index (χ0v) is 20.3. The van der Waals surface area contributed by atoms with E-state index in [0.29, 0.717) is 6.42 Å². The SMILES string of the molecule is O=C([O-])CCCCC=P(c1ccccc1)(c1ccccc1)c1ccccc1.[K+]. The van der Waals surface area contributed by atoms with Gasteiger partial charge < -0.3 is 9.90 Å². The maximum Gasteiger partial charge on any atom is 1.00 e. The molecule has 0 spiro atoms. The Morgan fingerprint density at radius 1 is 0.714 bits per heavy atom. The van der Waals surface area contributed by atoms with Crippen LogP contribution in [0, 0.1) is 0 Å². The van der Waals surface area contributed by atoms with Crippen LogP contribution in [-0.2, 0) is 4.79 Å². The zero-order chi connectivity index (χ0) is 19.0. The molecule has 2 nitrogen and oxygen atoms in total. The third-order valence-corrected chi connectivity index (χ3v) is 8.87. The van der Waals surface area contributed by atoms with Gasteiger partial charge in [-0.25, -0.2) is 0 Å². The fourth-order valence-electron chi connectivity index (χ4n) is 3.45.